The molecule has 0 heterocycles. The Balaban J connectivity index is 4.63. The Morgan fingerprint density at radius 2 is 1.47 bits per heavy atom. The van der Waals surface area contributed by atoms with E-state index in [1.807, 2.05) is 0 Å². The maximum atomic E-state index is 5.43. The number of methoxy groups -OCH3 is 1. The van der Waals surface area contributed by atoms with E-state index in [9.17, 15) is 0 Å². The lowest BCUT2D eigenvalue weighted by atomic mass is 10.1. The normalized spacial score (nSPS) is 14.7. The van der Waals surface area contributed by atoms with Crippen LogP contribution in [0, 0.1) is 11.8 Å². The van der Waals surface area contributed by atoms with Gasteiger partial charge in [0.2, 0.25) is 0 Å². The van der Waals surface area contributed by atoms with Crippen LogP contribution in [0.15, 0.2) is 0 Å². The Bertz CT molecular complexity index is 211. The van der Waals surface area contributed by atoms with Crippen molar-refractivity contribution in [3.63, 3.8) is 0 Å². The molecule has 0 radical (unpaired) electrons. The molecule has 0 rings (SSSR count). The lowest BCUT2D eigenvalue weighted by molar-refractivity contribution is 0.0701. The molecule has 0 saturated heterocycles. The van der Waals surface area contributed by atoms with Crippen LogP contribution in [0.2, 0.25) is 0 Å². The average Bonchev–Trinajstić information content (AvgIpc) is 2.20. The number of nitrogens with one attached hydrogen (secondary N) is 1. The standard InChI is InChI=1S/C16H36N2O/c1-13(2)10-18(11-14(3)4)15(12-19-8)9-17-16(5,6)7/h13-15,17H,9-12H2,1-8H3. The first-order valence-corrected chi connectivity index (χ1v) is 7.63. The van der Waals surface area contributed by atoms with Crippen molar-refractivity contribution in [2.24, 2.45) is 11.8 Å². The zero-order valence-electron chi connectivity index (χ0n) is 14.4. The van der Waals surface area contributed by atoms with Gasteiger partial charge in [0.1, 0.15) is 0 Å². The van der Waals surface area contributed by atoms with E-state index in [-0.39, 0.29) is 5.54 Å². The first-order chi connectivity index (χ1) is 8.65. The molecule has 1 atom stereocenters. The Labute approximate surface area is 121 Å². The van der Waals surface area contributed by atoms with E-state index >= 15 is 0 Å². The van der Waals surface area contributed by atoms with Crippen LogP contribution < -0.4 is 5.32 Å². The molecule has 0 aromatic carbocycles. The van der Waals surface area contributed by atoms with E-state index in [0.717, 1.165) is 26.2 Å². The van der Waals surface area contributed by atoms with Crippen LogP contribution in [0.3, 0.4) is 0 Å². The summed E-state index contributed by atoms with van der Waals surface area (Å²) >= 11 is 0. The van der Waals surface area contributed by atoms with Crippen molar-refractivity contribution in [1.82, 2.24) is 10.2 Å². The van der Waals surface area contributed by atoms with E-state index in [0.29, 0.717) is 17.9 Å². The predicted octanol–water partition coefficient (Wildman–Crippen LogP) is 3.00. The van der Waals surface area contributed by atoms with Crippen molar-refractivity contribution in [2.45, 2.75) is 60.0 Å². The number of rotatable bonds is 9. The van der Waals surface area contributed by atoms with Gasteiger partial charge in [-0.25, -0.2) is 0 Å². The van der Waals surface area contributed by atoms with Crippen LogP contribution in [-0.2, 0) is 4.74 Å². The topological polar surface area (TPSA) is 24.5 Å². The summed E-state index contributed by atoms with van der Waals surface area (Å²) in [5.74, 6) is 1.38. The summed E-state index contributed by atoms with van der Waals surface area (Å²) in [4.78, 5) is 2.58. The van der Waals surface area contributed by atoms with E-state index in [2.05, 4.69) is 58.7 Å². The second-order valence-electron chi connectivity index (χ2n) is 7.48. The van der Waals surface area contributed by atoms with E-state index in [4.69, 9.17) is 4.74 Å². The van der Waals surface area contributed by atoms with Crippen molar-refractivity contribution >= 4 is 0 Å². The fraction of sp³-hybridized carbons (Fsp3) is 1.00. The molecule has 0 saturated carbocycles. The zero-order valence-corrected chi connectivity index (χ0v) is 14.4. The molecule has 0 aliphatic heterocycles. The summed E-state index contributed by atoms with van der Waals surface area (Å²) in [6.45, 7) is 19.8. The summed E-state index contributed by atoms with van der Waals surface area (Å²) in [7, 11) is 1.80. The van der Waals surface area contributed by atoms with Gasteiger partial charge in [0.25, 0.3) is 0 Å². The number of hydrogen-bond donors (Lipinski definition) is 1. The summed E-state index contributed by atoms with van der Waals surface area (Å²) in [5, 5.41) is 3.61. The molecule has 3 nitrogen and oxygen atoms in total. The SMILES string of the molecule is COCC(CNC(C)(C)C)N(CC(C)C)CC(C)C. The molecule has 116 valence electrons. The fourth-order valence-electron chi connectivity index (χ4n) is 2.22. The van der Waals surface area contributed by atoms with Gasteiger partial charge in [-0.15, -0.1) is 0 Å². The molecule has 0 spiro atoms. The van der Waals surface area contributed by atoms with Gasteiger partial charge in [0.15, 0.2) is 0 Å². The third-order valence-corrected chi connectivity index (χ3v) is 2.94. The minimum absolute atomic E-state index is 0.160. The van der Waals surface area contributed by atoms with E-state index < -0.39 is 0 Å². The molecule has 1 N–H and O–H groups in total. The Kier molecular flexibility index (Phi) is 8.88. The molecule has 19 heavy (non-hydrogen) atoms. The highest BCUT2D eigenvalue weighted by Crippen LogP contribution is 2.10. The van der Waals surface area contributed by atoms with E-state index in [1.54, 1.807) is 7.11 Å². The first kappa shape index (κ1) is 18.9. The molecule has 0 fully saturated rings. The van der Waals surface area contributed by atoms with E-state index in [1.165, 1.54) is 0 Å². The summed E-state index contributed by atoms with van der Waals surface area (Å²) in [6.07, 6.45) is 0. The molecular weight excluding hydrogens is 236 g/mol. The highest BCUT2D eigenvalue weighted by molar-refractivity contribution is 4.80. The molecule has 0 aliphatic carbocycles. The molecule has 0 aromatic rings. The van der Waals surface area contributed by atoms with Gasteiger partial charge in [-0.3, -0.25) is 4.90 Å². The lowest BCUT2D eigenvalue weighted by Gasteiger charge is -2.36. The second kappa shape index (κ2) is 8.93. The quantitative estimate of drug-likeness (QED) is 0.698. The van der Waals surface area contributed by atoms with Crippen LogP contribution >= 0.6 is 0 Å². The minimum atomic E-state index is 0.160. The fourth-order valence-corrected chi connectivity index (χ4v) is 2.22. The van der Waals surface area contributed by atoms with Gasteiger partial charge in [0, 0.05) is 38.3 Å². The maximum Gasteiger partial charge on any atom is 0.0630 e. The highest BCUT2D eigenvalue weighted by Gasteiger charge is 2.22. The van der Waals surface area contributed by atoms with Gasteiger partial charge in [-0.1, -0.05) is 27.7 Å². The lowest BCUT2D eigenvalue weighted by Crippen LogP contribution is -2.51. The molecule has 0 aliphatic rings. The van der Waals surface area contributed by atoms with Crippen molar-refractivity contribution in [3.05, 3.63) is 0 Å². The molecule has 3 heteroatoms. The van der Waals surface area contributed by atoms with Crippen LogP contribution in [0.25, 0.3) is 0 Å². The van der Waals surface area contributed by atoms with Gasteiger partial charge in [-0.2, -0.15) is 0 Å². The molecular formula is C16H36N2O. The van der Waals surface area contributed by atoms with Gasteiger partial charge < -0.3 is 10.1 Å². The van der Waals surface area contributed by atoms with Crippen LogP contribution in [-0.4, -0.2) is 49.8 Å². The minimum Gasteiger partial charge on any atom is -0.383 e. The van der Waals surface area contributed by atoms with Gasteiger partial charge in [-0.05, 0) is 32.6 Å². The van der Waals surface area contributed by atoms with Crippen molar-refractivity contribution in [3.8, 4) is 0 Å². The third kappa shape index (κ3) is 10.3. The monoisotopic (exact) mass is 272 g/mol. The zero-order chi connectivity index (χ0) is 15.1. The second-order valence-corrected chi connectivity index (χ2v) is 7.48. The number of ether oxygens (including phenoxy) is 1. The Morgan fingerprint density at radius 3 is 1.79 bits per heavy atom. The maximum absolute atomic E-state index is 5.43. The molecule has 0 aromatic heterocycles. The largest absolute Gasteiger partial charge is 0.383 e. The smallest absolute Gasteiger partial charge is 0.0630 e. The van der Waals surface area contributed by atoms with Crippen molar-refractivity contribution < 1.29 is 4.74 Å². The van der Waals surface area contributed by atoms with Crippen LogP contribution in [0.4, 0.5) is 0 Å². The predicted molar refractivity (Wildman–Crippen MR) is 84.7 cm³/mol. The molecule has 1 unspecified atom stereocenters. The average molecular weight is 272 g/mol. The summed E-state index contributed by atoms with van der Waals surface area (Å²) in [6, 6.07) is 0.453. The molecule has 0 bridgehead atoms. The number of nitrogens with zero attached hydrogens (tertiary/aromatic N) is 1. The first-order valence-electron chi connectivity index (χ1n) is 7.63. The highest BCUT2D eigenvalue weighted by atomic mass is 16.5. The van der Waals surface area contributed by atoms with Crippen molar-refractivity contribution in [1.29, 1.82) is 0 Å². The van der Waals surface area contributed by atoms with Gasteiger partial charge >= 0.3 is 0 Å². The van der Waals surface area contributed by atoms with Gasteiger partial charge in [0.05, 0.1) is 6.61 Å². The summed E-state index contributed by atoms with van der Waals surface area (Å²) < 4.78 is 5.43. The summed E-state index contributed by atoms with van der Waals surface area (Å²) in [5.41, 5.74) is 0.160. The Morgan fingerprint density at radius 1 is 1.00 bits per heavy atom. The molecule has 0 amide bonds. The number of hydrogen-bond acceptors (Lipinski definition) is 3. The van der Waals surface area contributed by atoms with Crippen LogP contribution in [0.5, 0.6) is 0 Å². The third-order valence-electron chi connectivity index (χ3n) is 2.94. The Hall–Kier alpha value is -0.120. The van der Waals surface area contributed by atoms with Crippen molar-refractivity contribution in [2.75, 3.05) is 33.4 Å². The van der Waals surface area contributed by atoms with Crippen LogP contribution in [0.1, 0.15) is 48.5 Å².